The summed E-state index contributed by atoms with van der Waals surface area (Å²) in [5, 5.41) is 1.85. The third-order valence-electron chi connectivity index (χ3n) is 8.02. The maximum Gasteiger partial charge on any atom is 0.485 e. The largest absolute Gasteiger partial charge is 0.741 e. The summed E-state index contributed by atoms with van der Waals surface area (Å²) < 4.78 is 58.9. The molecule has 3 saturated carbocycles. The standard InChI is InChI=1S/C24H38P.CHF3O3S/c1-5-13-21(14-6-1)25(22-15-7-2-8-16-22,23-17-9-3-10-18-23)24-19-11-4-12-20-24;2-1(3,4)8(5,6)7/h1,5-6,13-14,22-24H,2-4,7-12,15-20H2;(H,5,6,7)/q+1;/p-1. The monoisotopic (exact) mass is 506 g/mol. The van der Waals surface area contributed by atoms with Crippen molar-refractivity contribution in [1.82, 2.24) is 0 Å². The highest BCUT2D eigenvalue weighted by atomic mass is 32.2. The predicted molar refractivity (Wildman–Crippen MR) is 129 cm³/mol. The highest BCUT2D eigenvalue weighted by molar-refractivity contribution is 7.86. The maximum absolute atomic E-state index is 10.7. The third-order valence-corrected chi connectivity index (χ3v) is 15.0. The average Bonchev–Trinajstić information content (AvgIpc) is 2.82. The molecule has 3 aliphatic rings. The molecule has 0 saturated heterocycles. The van der Waals surface area contributed by atoms with Gasteiger partial charge in [0.05, 0.1) is 29.5 Å². The first-order valence-corrected chi connectivity index (χ1v) is 16.0. The van der Waals surface area contributed by atoms with E-state index in [2.05, 4.69) is 30.3 Å². The van der Waals surface area contributed by atoms with Crippen molar-refractivity contribution in [2.45, 2.75) is 119 Å². The molecule has 0 atom stereocenters. The first-order valence-electron chi connectivity index (χ1n) is 12.6. The lowest BCUT2D eigenvalue weighted by Gasteiger charge is -2.48. The normalized spacial score (nSPS) is 22.4. The SMILES string of the molecule is O=S(=O)([O-])C(F)(F)F.c1ccc([P+](C2CCCCC2)(C2CCCCC2)C2CCCCC2)cc1. The quantitative estimate of drug-likeness (QED) is 0.243. The van der Waals surface area contributed by atoms with Gasteiger partial charge in [-0.15, -0.1) is 0 Å². The minimum atomic E-state index is -6.09. The number of hydrogen-bond donors (Lipinski definition) is 0. The van der Waals surface area contributed by atoms with Crippen LogP contribution in [0.15, 0.2) is 30.3 Å². The number of rotatable bonds is 4. The Hall–Kier alpha value is -0.650. The van der Waals surface area contributed by atoms with Gasteiger partial charge in [-0.05, 0) is 89.2 Å². The van der Waals surface area contributed by atoms with Gasteiger partial charge < -0.3 is 4.55 Å². The molecule has 1 aromatic carbocycles. The molecule has 0 bridgehead atoms. The Kier molecular flexibility index (Phi) is 9.68. The summed E-state index contributed by atoms with van der Waals surface area (Å²) in [5.74, 6) is 0. The highest BCUT2D eigenvalue weighted by Crippen LogP contribution is 2.76. The van der Waals surface area contributed by atoms with Crippen molar-refractivity contribution in [3.8, 4) is 0 Å². The number of alkyl halides is 3. The molecule has 0 aliphatic heterocycles. The summed E-state index contributed by atoms with van der Waals surface area (Å²) in [5.41, 5.74) is -2.45. The van der Waals surface area contributed by atoms with Crippen LogP contribution in [0.1, 0.15) is 96.3 Å². The molecule has 3 nitrogen and oxygen atoms in total. The Labute approximate surface area is 198 Å². The number of halogens is 3. The van der Waals surface area contributed by atoms with Crippen molar-refractivity contribution in [2.24, 2.45) is 0 Å². The Morgan fingerprint density at radius 1 is 0.667 bits per heavy atom. The second kappa shape index (κ2) is 11.9. The Bertz CT molecular complexity index is 766. The number of hydrogen-bond acceptors (Lipinski definition) is 3. The van der Waals surface area contributed by atoms with Crippen molar-refractivity contribution in [1.29, 1.82) is 0 Å². The lowest BCUT2D eigenvalue weighted by molar-refractivity contribution is -0.0517. The van der Waals surface area contributed by atoms with Crippen LogP contribution >= 0.6 is 7.26 Å². The molecule has 33 heavy (non-hydrogen) atoms. The van der Waals surface area contributed by atoms with Gasteiger partial charge >= 0.3 is 5.51 Å². The van der Waals surface area contributed by atoms with E-state index in [-0.39, 0.29) is 0 Å². The molecular formula is C25H38F3O3PS. The van der Waals surface area contributed by atoms with Crippen LogP contribution < -0.4 is 5.30 Å². The molecule has 1 aromatic rings. The molecule has 0 heterocycles. The first-order chi connectivity index (χ1) is 15.7. The van der Waals surface area contributed by atoms with Gasteiger partial charge in [0.15, 0.2) is 10.1 Å². The van der Waals surface area contributed by atoms with Crippen molar-refractivity contribution in [3.05, 3.63) is 30.3 Å². The minimum absolute atomic E-state index is 1.06. The van der Waals surface area contributed by atoms with E-state index in [4.69, 9.17) is 13.0 Å². The van der Waals surface area contributed by atoms with Gasteiger partial charge in [0.2, 0.25) is 0 Å². The molecule has 0 spiro atoms. The number of benzene rings is 1. The molecule has 8 heteroatoms. The van der Waals surface area contributed by atoms with Crippen LogP contribution in [0.5, 0.6) is 0 Å². The molecule has 4 rings (SSSR count). The molecule has 0 unspecified atom stereocenters. The Balaban J connectivity index is 0.000000331. The highest BCUT2D eigenvalue weighted by Gasteiger charge is 2.58. The topological polar surface area (TPSA) is 57.2 Å². The van der Waals surface area contributed by atoms with E-state index < -0.39 is 22.9 Å². The van der Waals surface area contributed by atoms with Crippen LogP contribution in [0.3, 0.4) is 0 Å². The first kappa shape index (κ1) is 26.9. The van der Waals surface area contributed by atoms with Crippen molar-refractivity contribution < 1.29 is 26.1 Å². The van der Waals surface area contributed by atoms with E-state index in [1.54, 1.807) is 38.5 Å². The molecule has 188 valence electrons. The van der Waals surface area contributed by atoms with Crippen LogP contribution in [0.2, 0.25) is 0 Å². The van der Waals surface area contributed by atoms with E-state index >= 15 is 0 Å². The predicted octanol–water partition coefficient (Wildman–Crippen LogP) is 7.38. The van der Waals surface area contributed by atoms with E-state index in [1.807, 2.05) is 5.30 Å². The summed E-state index contributed by atoms with van der Waals surface area (Å²) in [6, 6.07) is 12.1. The zero-order chi connectivity index (χ0) is 24.0. The average molecular weight is 507 g/mol. The van der Waals surface area contributed by atoms with Crippen LogP contribution in [0.25, 0.3) is 0 Å². The minimum Gasteiger partial charge on any atom is -0.741 e. The molecule has 0 amide bonds. The van der Waals surface area contributed by atoms with E-state index in [0.717, 1.165) is 17.0 Å². The van der Waals surface area contributed by atoms with Crippen LogP contribution in [0, 0.1) is 0 Å². The van der Waals surface area contributed by atoms with Gasteiger partial charge in [0, 0.05) is 0 Å². The second-order valence-corrected chi connectivity index (χ2v) is 15.7. The van der Waals surface area contributed by atoms with Gasteiger partial charge in [0.25, 0.3) is 0 Å². The second-order valence-electron chi connectivity index (χ2n) is 9.95. The summed E-state index contributed by atoms with van der Waals surface area (Å²) in [7, 11) is -7.17. The van der Waals surface area contributed by atoms with Crippen molar-refractivity contribution in [2.75, 3.05) is 0 Å². The smallest absolute Gasteiger partial charge is 0.485 e. The zero-order valence-electron chi connectivity index (χ0n) is 19.4. The van der Waals surface area contributed by atoms with Gasteiger partial charge in [0.1, 0.15) is 0 Å². The summed E-state index contributed by atoms with van der Waals surface area (Å²) >= 11 is 0. The summed E-state index contributed by atoms with van der Waals surface area (Å²) in [4.78, 5) is 0. The lowest BCUT2D eigenvalue weighted by Crippen LogP contribution is -2.41. The molecule has 0 N–H and O–H groups in total. The summed E-state index contributed by atoms with van der Waals surface area (Å²) in [6.07, 6.45) is 22.9. The van der Waals surface area contributed by atoms with E-state index in [1.165, 1.54) is 57.8 Å². The Morgan fingerprint density at radius 2 is 0.970 bits per heavy atom. The van der Waals surface area contributed by atoms with E-state index in [9.17, 15) is 13.2 Å². The third kappa shape index (κ3) is 6.52. The van der Waals surface area contributed by atoms with Gasteiger partial charge in [-0.2, -0.15) is 13.2 Å². The van der Waals surface area contributed by atoms with Gasteiger partial charge in [-0.3, -0.25) is 0 Å². The molecule has 0 radical (unpaired) electrons. The summed E-state index contributed by atoms with van der Waals surface area (Å²) in [6.45, 7) is 0. The fourth-order valence-corrected chi connectivity index (χ4v) is 14.1. The van der Waals surface area contributed by atoms with Crippen LogP contribution in [0.4, 0.5) is 13.2 Å². The Morgan fingerprint density at radius 3 is 1.24 bits per heavy atom. The maximum atomic E-state index is 10.7. The molecule has 3 aliphatic carbocycles. The van der Waals surface area contributed by atoms with Crippen LogP contribution in [-0.2, 0) is 10.1 Å². The van der Waals surface area contributed by atoms with Crippen molar-refractivity contribution >= 4 is 22.7 Å². The van der Waals surface area contributed by atoms with Crippen molar-refractivity contribution in [3.63, 3.8) is 0 Å². The van der Waals surface area contributed by atoms with E-state index in [0.29, 0.717) is 0 Å². The zero-order valence-corrected chi connectivity index (χ0v) is 21.2. The lowest BCUT2D eigenvalue weighted by atomic mass is 9.99. The fraction of sp³-hybridized carbons (Fsp3) is 0.760. The van der Waals surface area contributed by atoms with Gasteiger partial charge in [-0.1, -0.05) is 37.5 Å². The molecule has 0 aromatic heterocycles. The fourth-order valence-electron chi connectivity index (χ4n) is 6.74. The van der Waals surface area contributed by atoms with Gasteiger partial charge in [-0.25, -0.2) is 8.42 Å². The molecular weight excluding hydrogens is 468 g/mol. The van der Waals surface area contributed by atoms with Crippen LogP contribution in [-0.4, -0.2) is 35.5 Å². The molecule has 3 fully saturated rings.